The summed E-state index contributed by atoms with van der Waals surface area (Å²) in [6.45, 7) is 2.57. The van der Waals surface area contributed by atoms with Crippen LogP contribution in [0.25, 0.3) is 0 Å². The van der Waals surface area contributed by atoms with Gasteiger partial charge in [-0.15, -0.1) is 0 Å². The molecule has 0 fully saturated rings. The number of fused-ring (bicyclic) bond motifs is 1. The molecule has 1 nitrogen and oxygen atoms in total. The maximum Gasteiger partial charge on any atom is 0.126 e. The third-order valence-corrected chi connectivity index (χ3v) is 4.08. The van der Waals surface area contributed by atoms with Gasteiger partial charge in [-0.25, -0.2) is 4.39 Å². The van der Waals surface area contributed by atoms with Gasteiger partial charge in [-0.1, -0.05) is 30.3 Å². The van der Waals surface area contributed by atoms with Crippen molar-refractivity contribution in [2.45, 2.75) is 32.1 Å². The van der Waals surface area contributed by atoms with E-state index in [1.54, 1.807) is 6.07 Å². The van der Waals surface area contributed by atoms with E-state index in [0.29, 0.717) is 18.3 Å². The van der Waals surface area contributed by atoms with E-state index < -0.39 is 0 Å². The van der Waals surface area contributed by atoms with Crippen LogP contribution in [-0.4, -0.2) is 6.61 Å². The SMILES string of the molecule is Cc1ccc(F)cc1OCC1CCCc2ccccc21. The Morgan fingerprint density at radius 2 is 2.05 bits per heavy atom. The number of aryl methyl sites for hydroxylation is 2. The molecule has 0 N–H and O–H groups in total. The van der Waals surface area contributed by atoms with E-state index in [9.17, 15) is 4.39 Å². The van der Waals surface area contributed by atoms with Gasteiger partial charge < -0.3 is 4.74 Å². The summed E-state index contributed by atoms with van der Waals surface area (Å²) in [5.74, 6) is 0.838. The van der Waals surface area contributed by atoms with Crippen molar-refractivity contribution in [3.8, 4) is 5.75 Å². The average molecular weight is 270 g/mol. The highest BCUT2D eigenvalue weighted by Gasteiger charge is 2.20. The van der Waals surface area contributed by atoms with Crippen LogP contribution in [0.4, 0.5) is 4.39 Å². The van der Waals surface area contributed by atoms with Crippen LogP contribution in [0.2, 0.25) is 0 Å². The molecule has 1 unspecified atom stereocenters. The Labute approximate surface area is 119 Å². The molecule has 0 aliphatic heterocycles. The molecule has 0 saturated carbocycles. The van der Waals surface area contributed by atoms with Crippen molar-refractivity contribution >= 4 is 0 Å². The van der Waals surface area contributed by atoms with E-state index >= 15 is 0 Å². The minimum Gasteiger partial charge on any atom is -0.493 e. The topological polar surface area (TPSA) is 9.23 Å². The molecule has 104 valence electrons. The summed E-state index contributed by atoms with van der Waals surface area (Å²) in [4.78, 5) is 0. The average Bonchev–Trinajstić information content (AvgIpc) is 2.48. The summed E-state index contributed by atoms with van der Waals surface area (Å²) in [5, 5.41) is 0. The van der Waals surface area contributed by atoms with Crippen LogP contribution in [-0.2, 0) is 6.42 Å². The number of hydrogen-bond acceptors (Lipinski definition) is 1. The van der Waals surface area contributed by atoms with E-state index in [1.165, 1.54) is 29.7 Å². The van der Waals surface area contributed by atoms with E-state index in [4.69, 9.17) is 4.74 Å². The first-order valence-corrected chi connectivity index (χ1v) is 7.21. The molecule has 0 aromatic heterocycles. The molecule has 0 amide bonds. The fourth-order valence-corrected chi connectivity index (χ4v) is 2.95. The molecule has 0 heterocycles. The summed E-state index contributed by atoms with van der Waals surface area (Å²) in [5.41, 5.74) is 3.81. The second-order valence-corrected chi connectivity index (χ2v) is 5.51. The highest BCUT2D eigenvalue weighted by molar-refractivity contribution is 5.35. The molecule has 2 heteroatoms. The monoisotopic (exact) mass is 270 g/mol. The van der Waals surface area contributed by atoms with Crippen molar-refractivity contribution in [1.82, 2.24) is 0 Å². The van der Waals surface area contributed by atoms with E-state index in [-0.39, 0.29) is 5.82 Å². The van der Waals surface area contributed by atoms with Crippen molar-refractivity contribution in [2.24, 2.45) is 0 Å². The zero-order valence-electron chi connectivity index (χ0n) is 11.7. The number of ether oxygens (including phenoxy) is 1. The van der Waals surface area contributed by atoms with Gasteiger partial charge >= 0.3 is 0 Å². The van der Waals surface area contributed by atoms with Crippen molar-refractivity contribution in [3.05, 3.63) is 65.0 Å². The smallest absolute Gasteiger partial charge is 0.126 e. The molecular weight excluding hydrogens is 251 g/mol. The van der Waals surface area contributed by atoms with Crippen LogP contribution in [0, 0.1) is 12.7 Å². The number of rotatable bonds is 3. The minimum absolute atomic E-state index is 0.241. The van der Waals surface area contributed by atoms with E-state index in [1.807, 2.05) is 6.92 Å². The third-order valence-electron chi connectivity index (χ3n) is 4.08. The van der Waals surface area contributed by atoms with Crippen molar-refractivity contribution in [1.29, 1.82) is 0 Å². The van der Waals surface area contributed by atoms with E-state index in [2.05, 4.69) is 24.3 Å². The second-order valence-electron chi connectivity index (χ2n) is 5.51. The zero-order chi connectivity index (χ0) is 13.9. The lowest BCUT2D eigenvalue weighted by molar-refractivity contribution is 0.272. The van der Waals surface area contributed by atoms with Gasteiger partial charge in [-0.05, 0) is 48.9 Å². The highest BCUT2D eigenvalue weighted by Crippen LogP contribution is 2.32. The first kappa shape index (κ1) is 13.2. The molecule has 3 rings (SSSR count). The maximum atomic E-state index is 13.3. The van der Waals surface area contributed by atoms with Crippen LogP contribution in [0.1, 0.15) is 35.4 Å². The Kier molecular flexibility index (Phi) is 3.72. The number of hydrogen-bond donors (Lipinski definition) is 0. The summed E-state index contributed by atoms with van der Waals surface area (Å²) < 4.78 is 19.1. The molecule has 0 radical (unpaired) electrons. The van der Waals surface area contributed by atoms with Gasteiger partial charge in [0.25, 0.3) is 0 Å². The lowest BCUT2D eigenvalue weighted by Gasteiger charge is -2.25. The maximum absolute atomic E-state index is 13.3. The zero-order valence-corrected chi connectivity index (χ0v) is 11.7. The minimum atomic E-state index is -0.241. The standard InChI is InChI=1S/C18H19FO/c1-13-9-10-16(19)11-18(13)20-12-15-7-4-6-14-5-2-3-8-17(14)15/h2-3,5,8-11,15H,4,6-7,12H2,1H3. The van der Waals surface area contributed by atoms with Gasteiger partial charge in [0.1, 0.15) is 11.6 Å². The Hall–Kier alpha value is -1.83. The quantitative estimate of drug-likeness (QED) is 0.790. The normalized spacial score (nSPS) is 17.6. The fourth-order valence-electron chi connectivity index (χ4n) is 2.95. The first-order valence-electron chi connectivity index (χ1n) is 7.21. The summed E-state index contributed by atoms with van der Waals surface area (Å²) in [6.07, 6.45) is 3.50. The fraction of sp³-hybridized carbons (Fsp3) is 0.333. The molecule has 2 aromatic rings. The highest BCUT2D eigenvalue weighted by atomic mass is 19.1. The Morgan fingerprint density at radius 3 is 2.95 bits per heavy atom. The van der Waals surface area contributed by atoms with Gasteiger partial charge in [0.05, 0.1) is 6.61 Å². The molecule has 20 heavy (non-hydrogen) atoms. The predicted octanol–water partition coefficient (Wildman–Crippen LogP) is 4.63. The molecular formula is C18H19FO. The Balaban J connectivity index is 1.75. The van der Waals surface area contributed by atoms with Crippen LogP contribution in [0.5, 0.6) is 5.75 Å². The van der Waals surface area contributed by atoms with Crippen molar-refractivity contribution in [3.63, 3.8) is 0 Å². The van der Waals surface area contributed by atoms with Gasteiger partial charge in [-0.3, -0.25) is 0 Å². The molecule has 1 aliphatic carbocycles. The molecule has 1 atom stereocenters. The Bertz CT molecular complexity index is 606. The Morgan fingerprint density at radius 1 is 1.20 bits per heavy atom. The predicted molar refractivity (Wildman–Crippen MR) is 78.8 cm³/mol. The van der Waals surface area contributed by atoms with Gasteiger partial charge in [0, 0.05) is 12.0 Å². The van der Waals surface area contributed by atoms with Crippen LogP contribution >= 0.6 is 0 Å². The number of halogens is 1. The largest absolute Gasteiger partial charge is 0.493 e. The lowest BCUT2D eigenvalue weighted by atomic mass is 9.83. The molecule has 0 bridgehead atoms. The second kappa shape index (κ2) is 5.66. The van der Waals surface area contributed by atoms with Crippen LogP contribution in [0.3, 0.4) is 0 Å². The lowest BCUT2D eigenvalue weighted by Crippen LogP contribution is -2.16. The number of benzene rings is 2. The summed E-state index contributed by atoms with van der Waals surface area (Å²) >= 11 is 0. The van der Waals surface area contributed by atoms with Crippen LogP contribution < -0.4 is 4.74 Å². The molecule has 0 spiro atoms. The summed E-state index contributed by atoms with van der Waals surface area (Å²) in [6, 6.07) is 13.3. The molecule has 1 aliphatic rings. The molecule has 0 saturated heterocycles. The summed E-state index contributed by atoms with van der Waals surface area (Å²) in [7, 11) is 0. The first-order chi connectivity index (χ1) is 9.74. The third kappa shape index (κ3) is 2.69. The molecule has 2 aromatic carbocycles. The van der Waals surface area contributed by atoms with Crippen molar-refractivity contribution in [2.75, 3.05) is 6.61 Å². The van der Waals surface area contributed by atoms with Gasteiger partial charge in [0.2, 0.25) is 0 Å². The van der Waals surface area contributed by atoms with Gasteiger partial charge in [-0.2, -0.15) is 0 Å². The van der Waals surface area contributed by atoms with Crippen LogP contribution in [0.15, 0.2) is 42.5 Å². The van der Waals surface area contributed by atoms with E-state index in [0.717, 1.165) is 18.4 Å². The van der Waals surface area contributed by atoms with Gasteiger partial charge in [0.15, 0.2) is 0 Å². The van der Waals surface area contributed by atoms with Crippen molar-refractivity contribution < 1.29 is 9.13 Å².